The van der Waals surface area contributed by atoms with Crippen LogP contribution in [0.4, 0.5) is 5.69 Å². The highest BCUT2D eigenvalue weighted by Gasteiger charge is 2.37. The predicted octanol–water partition coefficient (Wildman–Crippen LogP) is 2.23. The van der Waals surface area contributed by atoms with E-state index in [-0.39, 0.29) is 18.6 Å². The molecule has 1 amide bonds. The molecule has 0 aliphatic carbocycles. The van der Waals surface area contributed by atoms with Crippen LogP contribution >= 0.6 is 11.3 Å². The van der Waals surface area contributed by atoms with Gasteiger partial charge < -0.3 is 24.8 Å². The van der Waals surface area contributed by atoms with E-state index in [9.17, 15) is 9.90 Å². The molecule has 4 rings (SSSR count). The van der Waals surface area contributed by atoms with Gasteiger partial charge in [0.1, 0.15) is 23.9 Å². The highest BCUT2D eigenvalue weighted by atomic mass is 32.1. The first-order valence-corrected chi connectivity index (χ1v) is 14.5. The number of nitrogens with zero attached hydrogens (tertiary/aromatic N) is 3. The molecule has 10 heteroatoms. The highest BCUT2D eigenvalue weighted by Crippen LogP contribution is 2.50. The molecule has 0 bridgehead atoms. The Morgan fingerprint density at radius 2 is 2.24 bits per heavy atom. The van der Waals surface area contributed by atoms with Crippen molar-refractivity contribution < 1.29 is 19.4 Å². The van der Waals surface area contributed by atoms with E-state index in [0.717, 1.165) is 28.8 Å². The van der Waals surface area contributed by atoms with Crippen molar-refractivity contribution in [1.29, 1.82) is 0 Å². The first-order valence-electron chi connectivity index (χ1n) is 9.93. The van der Waals surface area contributed by atoms with Crippen LogP contribution in [0.1, 0.15) is 9.67 Å². The van der Waals surface area contributed by atoms with Crippen LogP contribution in [0, 0.1) is 0 Å². The van der Waals surface area contributed by atoms with Gasteiger partial charge in [0.15, 0.2) is 5.75 Å². The lowest BCUT2D eigenvalue weighted by atomic mass is 10.1. The molecule has 0 spiro atoms. The molecular weight excluding hydrogens is 408 g/mol. The van der Waals surface area contributed by atoms with Crippen molar-refractivity contribution in [1.82, 2.24) is 15.1 Å². The Labute approximate surface area is 175 Å². The molecule has 0 saturated carbocycles. The molecule has 0 fully saturated rings. The lowest BCUT2D eigenvalue weighted by Crippen LogP contribution is -2.46. The van der Waals surface area contributed by atoms with Gasteiger partial charge in [0.2, 0.25) is 0 Å². The van der Waals surface area contributed by atoms with Crippen molar-refractivity contribution in [2.45, 2.75) is 38.5 Å². The standard InChI is InChI=1S/C19H28N4O4SSi/c1-29(2,3)7-6-26-12-22-10-13(8-21-22)17-16-15-18(28-17)19(25)20-9-14(11-24)23(15)4-5-27-16/h8,10,14,24H,4-7,9,11-12H2,1-3H3,(H,20,25). The Hall–Kier alpha value is -1.88. The maximum Gasteiger partial charge on any atom is 0.263 e. The summed E-state index contributed by atoms with van der Waals surface area (Å²) in [6, 6.07) is 0.973. The molecule has 4 heterocycles. The number of rotatable bonds is 7. The van der Waals surface area contributed by atoms with Crippen LogP contribution in [-0.4, -0.2) is 67.8 Å². The SMILES string of the molecule is C[Si](C)(C)CCOCn1cc(-c2sc3c4c2OCCN4C(CO)CNC3=O)cn1. The maximum atomic E-state index is 12.6. The molecule has 2 aromatic heterocycles. The summed E-state index contributed by atoms with van der Waals surface area (Å²) in [5.74, 6) is 0.594. The minimum absolute atomic E-state index is 0.0168. The van der Waals surface area contributed by atoms with Crippen LogP contribution in [0.3, 0.4) is 0 Å². The van der Waals surface area contributed by atoms with Gasteiger partial charge in [-0.15, -0.1) is 11.3 Å². The number of aromatic nitrogens is 2. The lowest BCUT2D eigenvalue weighted by Gasteiger charge is -2.34. The highest BCUT2D eigenvalue weighted by molar-refractivity contribution is 7.18. The van der Waals surface area contributed by atoms with Crippen molar-refractivity contribution in [2.75, 3.05) is 37.8 Å². The van der Waals surface area contributed by atoms with Gasteiger partial charge in [0, 0.05) is 33.0 Å². The lowest BCUT2D eigenvalue weighted by molar-refractivity contribution is 0.0786. The van der Waals surface area contributed by atoms with Gasteiger partial charge in [-0.25, -0.2) is 4.68 Å². The summed E-state index contributed by atoms with van der Waals surface area (Å²) in [7, 11) is -1.11. The number of ether oxygens (including phenoxy) is 2. The third-order valence-corrected chi connectivity index (χ3v) is 8.09. The predicted molar refractivity (Wildman–Crippen MR) is 116 cm³/mol. The number of thiophene rings is 1. The molecule has 158 valence electrons. The maximum absolute atomic E-state index is 12.6. The fourth-order valence-electron chi connectivity index (χ4n) is 3.52. The first-order chi connectivity index (χ1) is 13.9. The van der Waals surface area contributed by atoms with Crippen molar-refractivity contribution in [3.05, 3.63) is 17.3 Å². The van der Waals surface area contributed by atoms with Gasteiger partial charge in [-0.2, -0.15) is 5.10 Å². The van der Waals surface area contributed by atoms with Crippen molar-refractivity contribution in [3.8, 4) is 16.2 Å². The second kappa shape index (κ2) is 8.09. The molecule has 2 aromatic rings. The number of hydrogen-bond acceptors (Lipinski definition) is 7. The molecule has 8 nitrogen and oxygen atoms in total. The topological polar surface area (TPSA) is 88.9 Å². The smallest absolute Gasteiger partial charge is 0.263 e. The Balaban J connectivity index is 1.57. The first kappa shape index (κ1) is 20.4. The summed E-state index contributed by atoms with van der Waals surface area (Å²) in [6.07, 6.45) is 3.72. The number of carbonyl (C=O) groups excluding carboxylic acids is 1. The van der Waals surface area contributed by atoms with E-state index in [4.69, 9.17) is 9.47 Å². The molecule has 2 aliphatic rings. The number of aliphatic hydroxyl groups excluding tert-OH is 1. The molecule has 2 aliphatic heterocycles. The van der Waals surface area contributed by atoms with Crippen LogP contribution in [0.5, 0.6) is 5.75 Å². The average molecular weight is 437 g/mol. The second-order valence-electron chi connectivity index (χ2n) is 8.64. The molecule has 0 aromatic carbocycles. The minimum atomic E-state index is -1.11. The largest absolute Gasteiger partial charge is 0.488 e. The molecule has 0 saturated heterocycles. The van der Waals surface area contributed by atoms with Gasteiger partial charge >= 0.3 is 0 Å². The van der Waals surface area contributed by atoms with Crippen LogP contribution in [0.2, 0.25) is 25.7 Å². The van der Waals surface area contributed by atoms with E-state index in [1.807, 2.05) is 6.20 Å². The van der Waals surface area contributed by atoms with Crippen LogP contribution in [-0.2, 0) is 11.5 Å². The summed E-state index contributed by atoms with van der Waals surface area (Å²) < 4.78 is 13.5. The Bertz CT molecular complexity index is 891. The van der Waals surface area contributed by atoms with Gasteiger partial charge in [-0.3, -0.25) is 4.79 Å². The van der Waals surface area contributed by atoms with E-state index >= 15 is 0 Å². The third-order valence-electron chi connectivity index (χ3n) is 5.18. The number of carbonyl (C=O) groups is 1. The number of hydrogen-bond donors (Lipinski definition) is 2. The van der Waals surface area contributed by atoms with Crippen LogP contribution in [0.25, 0.3) is 10.4 Å². The Morgan fingerprint density at radius 3 is 3.00 bits per heavy atom. The summed E-state index contributed by atoms with van der Waals surface area (Å²) in [5.41, 5.74) is 1.70. The van der Waals surface area contributed by atoms with Crippen LogP contribution in [0.15, 0.2) is 12.4 Å². The minimum Gasteiger partial charge on any atom is -0.488 e. The van der Waals surface area contributed by atoms with Gasteiger partial charge in [-0.1, -0.05) is 19.6 Å². The monoisotopic (exact) mass is 436 g/mol. The number of aliphatic hydroxyl groups is 1. The zero-order chi connectivity index (χ0) is 20.6. The third kappa shape index (κ3) is 4.20. The molecule has 29 heavy (non-hydrogen) atoms. The molecular formula is C19H28N4O4SSi. The van der Waals surface area contributed by atoms with E-state index < -0.39 is 8.07 Å². The zero-order valence-corrected chi connectivity index (χ0v) is 18.9. The average Bonchev–Trinajstić information content (AvgIpc) is 3.26. The van der Waals surface area contributed by atoms with Crippen molar-refractivity contribution >= 4 is 31.0 Å². The molecule has 2 N–H and O–H groups in total. The quantitative estimate of drug-likeness (QED) is 0.511. The van der Waals surface area contributed by atoms with Crippen molar-refractivity contribution in [2.24, 2.45) is 0 Å². The fourth-order valence-corrected chi connectivity index (χ4v) is 5.42. The number of nitrogens with one attached hydrogen (secondary N) is 1. The van der Waals surface area contributed by atoms with E-state index in [2.05, 4.69) is 35.0 Å². The van der Waals surface area contributed by atoms with Crippen LogP contribution < -0.4 is 15.0 Å². The van der Waals surface area contributed by atoms with E-state index in [0.29, 0.717) is 37.1 Å². The van der Waals surface area contributed by atoms with Gasteiger partial charge in [0.05, 0.1) is 30.3 Å². The second-order valence-corrected chi connectivity index (χ2v) is 15.3. The Kier molecular flexibility index (Phi) is 5.69. The summed E-state index contributed by atoms with van der Waals surface area (Å²) in [6.45, 7) is 9.72. The normalized spacial score (nSPS) is 18.8. The van der Waals surface area contributed by atoms with E-state index in [1.54, 1.807) is 10.9 Å². The van der Waals surface area contributed by atoms with Crippen molar-refractivity contribution in [3.63, 3.8) is 0 Å². The fraction of sp³-hybridized carbons (Fsp3) is 0.579. The van der Waals surface area contributed by atoms with Gasteiger partial charge in [-0.05, 0) is 6.04 Å². The Morgan fingerprint density at radius 1 is 1.41 bits per heavy atom. The number of anilines is 1. The summed E-state index contributed by atoms with van der Waals surface area (Å²) >= 11 is 1.41. The summed E-state index contributed by atoms with van der Waals surface area (Å²) in [5, 5.41) is 17.1. The van der Waals surface area contributed by atoms with E-state index in [1.165, 1.54) is 11.3 Å². The molecule has 1 unspecified atom stereocenters. The molecule has 1 atom stereocenters. The van der Waals surface area contributed by atoms with Gasteiger partial charge in [0.25, 0.3) is 5.91 Å². The molecule has 0 radical (unpaired) electrons. The zero-order valence-electron chi connectivity index (χ0n) is 17.1. The number of amides is 1. The summed E-state index contributed by atoms with van der Waals surface area (Å²) in [4.78, 5) is 16.2.